The highest BCUT2D eigenvalue weighted by Gasteiger charge is 2.25. The van der Waals surface area contributed by atoms with Crippen LogP contribution in [0.1, 0.15) is 40.3 Å². The number of benzene rings is 1. The van der Waals surface area contributed by atoms with Gasteiger partial charge in [0.1, 0.15) is 5.69 Å². The van der Waals surface area contributed by atoms with Crippen molar-refractivity contribution in [1.29, 1.82) is 0 Å². The Morgan fingerprint density at radius 1 is 1.33 bits per heavy atom. The molecule has 1 atom stereocenters. The molecule has 3 rings (SSSR count). The molecule has 144 valence electrons. The van der Waals surface area contributed by atoms with E-state index < -0.39 is 0 Å². The standard InChI is InChI=1S/C20H24N2O4S/c1-25-19(23)9-10-22(13-16-8-5-11-26-16)20(24)17-14-27-18(21-17)12-15-6-3-2-4-7-15/h2-4,6-7,14,16H,5,8-13H2,1H3. The first-order valence-electron chi connectivity index (χ1n) is 9.11. The van der Waals surface area contributed by atoms with Crippen molar-refractivity contribution in [1.82, 2.24) is 9.88 Å². The van der Waals surface area contributed by atoms with E-state index in [1.54, 1.807) is 10.3 Å². The zero-order valence-electron chi connectivity index (χ0n) is 15.4. The molecule has 1 saturated heterocycles. The molecule has 1 aliphatic rings. The number of hydrogen-bond acceptors (Lipinski definition) is 6. The highest BCUT2D eigenvalue weighted by molar-refractivity contribution is 7.09. The van der Waals surface area contributed by atoms with Crippen LogP contribution in [0.3, 0.4) is 0 Å². The predicted molar refractivity (Wildman–Crippen MR) is 103 cm³/mol. The van der Waals surface area contributed by atoms with Gasteiger partial charge in [-0.05, 0) is 18.4 Å². The fraction of sp³-hybridized carbons (Fsp3) is 0.450. The summed E-state index contributed by atoms with van der Waals surface area (Å²) in [5, 5.41) is 2.69. The molecule has 0 aliphatic carbocycles. The minimum atomic E-state index is -0.330. The third kappa shape index (κ3) is 5.61. The molecule has 0 spiro atoms. The second kappa shape index (κ2) is 9.62. The van der Waals surface area contributed by atoms with E-state index in [-0.39, 0.29) is 24.4 Å². The van der Waals surface area contributed by atoms with Gasteiger partial charge in [0.15, 0.2) is 0 Å². The van der Waals surface area contributed by atoms with Crippen LogP contribution in [0.5, 0.6) is 0 Å². The van der Waals surface area contributed by atoms with Gasteiger partial charge < -0.3 is 14.4 Å². The molecule has 7 heteroatoms. The molecule has 6 nitrogen and oxygen atoms in total. The summed E-state index contributed by atoms with van der Waals surface area (Å²) in [6.07, 6.45) is 2.82. The number of carbonyl (C=O) groups is 2. The van der Waals surface area contributed by atoms with E-state index in [4.69, 9.17) is 9.47 Å². The lowest BCUT2D eigenvalue weighted by Crippen LogP contribution is -2.39. The zero-order valence-corrected chi connectivity index (χ0v) is 16.2. The molecule has 0 saturated carbocycles. The summed E-state index contributed by atoms with van der Waals surface area (Å²) in [6, 6.07) is 10.0. The van der Waals surface area contributed by atoms with Gasteiger partial charge in [-0.2, -0.15) is 0 Å². The van der Waals surface area contributed by atoms with Crippen LogP contribution < -0.4 is 0 Å². The molecular formula is C20H24N2O4S. The first kappa shape index (κ1) is 19.5. The van der Waals surface area contributed by atoms with Crippen molar-refractivity contribution < 1.29 is 19.1 Å². The Morgan fingerprint density at radius 2 is 2.15 bits per heavy atom. The topological polar surface area (TPSA) is 68.7 Å². The fourth-order valence-corrected chi connectivity index (χ4v) is 3.86. The Kier molecular flexibility index (Phi) is 6.95. The number of amides is 1. The van der Waals surface area contributed by atoms with Crippen LogP contribution in [-0.2, 0) is 20.7 Å². The Hall–Kier alpha value is -2.25. The second-order valence-corrected chi connectivity index (χ2v) is 7.44. The number of esters is 1. The maximum absolute atomic E-state index is 13.0. The first-order chi connectivity index (χ1) is 13.2. The number of hydrogen-bond donors (Lipinski definition) is 0. The van der Waals surface area contributed by atoms with Gasteiger partial charge in [0.05, 0.1) is 24.6 Å². The van der Waals surface area contributed by atoms with Gasteiger partial charge >= 0.3 is 5.97 Å². The molecule has 0 bridgehead atoms. The second-order valence-electron chi connectivity index (χ2n) is 6.50. The van der Waals surface area contributed by atoms with Crippen LogP contribution in [0.25, 0.3) is 0 Å². The van der Waals surface area contributed by atoms with Gasteiger partial charge in [-0.25, -0.2) is 4.98 Å². The molecule has 0 N–H and O–H groups in total. The summed E-state index contributed by atoms with van der Waals surface area (Å²) >= 11 is 1.48. The van der Waals surface area contributed by atoms with Crippen molar-refractivity contribution in [3.8, 4) is 0 Å². The van der Waals surface area contributed by atoms with Gasteiger partial charge in [-0.1, -0.05) is 30.3 Å². The molecule has 27 heavy (non-hydrogen) atoms. The normalized spacial score (nSPS) is 16.3. The molecular weight excluding hydrogens is 364 g/mol. The highest BCUT2D eigenvalue weighted by atomic mass is 32.1. The summed E-state index contributed by atoms with van der Waals surface area (Å²) in [5.41, 5.74) is 1.58. The number of carbonyl (C=O) groups excluding carboxylic acids is 2. The fourth-order valence-electron chi connectivity index (χ4n) is 3.06. The monoisotopic (exact) mass is 388 g/mol. The lowest BCUT2D eigenvalue weighted by Gasteiger charge is -2.24. The Morgan fingerprint density at radius 3 is 2.85 bits per heavy atom. The number of methoxy groups -OCH3 is 1. The third-order valence-electron chi connectivity index (χ3n) is 4.52. The smallest absolute Gasteiger partial charge is 0.307 e. The summed E-state index contributed by atoms with van der Waals surface area (Å²) < 4.78 is 10.4. The average molecular weight is 388 g/mol. The van der Waals surface area contributed by atoms with E-state index in [1.165, 1.54) is 18.4 Å². The Labute approximate surface area is 163 Å². The maximum atomic E-state index is 13.0. The summed E-state index contributed by atoms with van der Waals surface area (Å²) in [6.45, 7) is 1.50. The lowest BCUT2D eigenvalue weighted by atomic mass is 10.2. The minimum absolute atomic E-state index is 0.0222. The van der Waals surface area contributed by atoms with E-state index >= 15 is 0 Å². The van der Waals surface area contributed by atoms with E-state index in [9.17, 15) is 9.59 Å². The zero-order chi connectivity index (χ0) is 19.1. The molecule has 2 aromatic rings. The first-order valence-corrected chi connectivity index (χ1v) is 9.99. The van der Waals surface area contributed by atoms with Crippen molar-refractivity contribution in [2.45, 2.75) is 31.8 Å². The van der Waals surface area contributed by atoms with Gasteiger partial charge in [-0.3, -0.25) is 9.59 Å². The molecule has 0 radical (unpaired) electrons. The average Bonchev–Trinajstić information content (AvgIpc) is 3.37. The largest absolute Gasteiger partial charge is 0.469 e. The van der Waals surface area contributed by atoms with Crippen LogP contribution >= 0.6 is 11.3 Å². The molecule has 2 heterocycles. The van der Waals surface area contributed by atoms with Crippen LogP contribution in [0, 0.1) is 0 Å². The highest BCUT2D eigenvalue weighted by Crippen LogP contribution is 2.19. The summed E-state index contributed by atoms with van der Waals surface area (Å²) in [5.74, 6) is -0.492. The van der Waals surface area contributed by atoms with Crippen LogP contribution in [0.15, 0.2) is 35.7 Å². The van der Waals surface area contributed by atoms with Crippen LogP contribution in [0.2, 0.25) is 0 Å². The summed E-state index contributed by atoms with van der Waals surface area (Å²) in [7, 11) is 1.35. The van der Waals surface area contributed by atoms with Crippen molar-refractivity contribution >= 4 is 23.2 Å². The van der Waals surface area contributed by atoms with Gasteiger partial charge in [0.25, 0.3) is 5.91 Å². The molecule has 1 unspecified atom stereocenters. The summed E-state index contributed by atoms with van der Waals surface area (Å²) in [4.78, 5) is 30.7. The molecule has 1 aromatic carbocycles. The lowest BCUT2D eigenvalue weighted by molar-refractivity contribution is -0.140. The molecule has 1 aromatic heterocycles. The number of nitrogens with zero attached hydrogens (tertiary/aromatic N) is 2. The Balaban J connectivity index is 1.67. The Bertz CT molecular complexity index is 756. The van der Waals surface area contributed by atoms with Crippen molar-refractivity contribution in [2.24, 2.45) is 0 Å². The maximum Gasteiger partial charge on any atom is 0.307 e. The SMILES string of the molecule is COC(=O)CCN(CC1CCCO1)C(=O)c1csc(Cc2ccccc2)n1. The molecule has 1 fully saturated rings. The van der Waals surface area contributed by atoms with E-state index in [0.717, 1.165) is 30.0 Å². The molecule has 1 amide bonds. The van der Waals surface area contributed by atoms with E-state index in [2.05, 4.69) is 4.98 Å². The van der Waals surface area contributed by atoms with Crippen molar-refractivity contribution in [3.63, 3.8) is 0 Å². The van der Waals surface area contributed by atoms with E-state index in [0.29, 0.717) is 25.2 Å². The number of rotatable bonds is 8. The number of thiazole rings is 1. The minimum Gasteiger partial charge on any atom is -0.469 e. The van der Waals surface area contributed by atoms with Gasteiger partial charge in [0.2, 0.25) is 0 Å². The van der Waals surface area contributed by atoms with Crippen LogP contribution in [0.4, 0.5) is 0 Å². The van der Waals surface area contributed by atoms with Gasteiger partial charge in [-0.15, -0.1) is 11.3 Å². The quantitative estimate of drug-likeness (QED) is 0.651. The van der Waals surface area contributed by atoms with Gasteiger partial charge in [0, 0.05) is 31.5 Å². The van der Waals surface area contributed by atoms with Crippen molar-refractivity contribution in [3.05, 3.63) is 52.0 Å². The third-order valence-corrected chi connectivity index (χ3v) is 5.37. The number of aromatic nitrogens is 1. The predicted octanol–water partition coefficient (Wildman–Crippen LogP) is 2.92. The van der Waals surface area contributed by atoms with Crippen molar-refractivity contribution in [2.75, 3.05) is 26.8 Å². The molecule has 1 aliphatic heterocycles. The van der Waals surface area contributed by atoms with E-state index in [1.807, 2.05) is 30.3 Å². The van der Waals surface area contributed by atoms with Crippen LogP contribution in [-0.4, -0.2) is 54.7 Å². The number of ether oxygens (including phenoxy) is 2.